The van der Waals surface area contributed by atoms with Crippen LogP contribution in [-0.2, 0) is 9.47 Å². The minimum Gasteiger partial charge on any atom is -0.394 e. The molecule has 1 rings (SSSR count). The van der Waals surface area contributed by atoms with Gasteiger partial charge in [0.25, 0.3) is 0 Å². The van der Waals surface area contributed by atoms with E-state index < -0.39 is 37.3 Å². The first-order valence-electron chi connectivity index (χ1n) is 3.95. The van der Waals surface area contributed by atoms with Crippen molar-refractivity contribution in [1.29, 1.82) is 0 Å². The first kappa shape index (κ1) is 10.8. The lowest BCUT2D eigenvalue weighted by Gasteiger charge is -2.21. The zero-order valence-electron chi connectivity index (χ0n) is 7.20. The summed E-state index contributed by atoms with van der Waals surface area (Å²) in [6.45, 7) is -0.510. The molecular formula is C7H14O6. The monoisotopic (exact) mass is 194 g/mol. The molecule has 1 fully saturated rings. The number of aliphatic hydroxyl groups excluding tert-OH is 4. The SMILES string of the molecule is CO[C@@H]1[C@@H](O)[C@H](O)O[C@@H]1[C@H](O)CO. The lowest BCUT2D eigenvalue weighted by atomic mass is 10.1. The van der Waals surface area contributed by atoms with Crippen molar-refractivity contribution >= 4 is 0 Å². The second-order valence-corrected chi connectivity index (χ2v) is 2.93. The summed E-state index contributed by atoms with van der Waals surface area (Å²) < 4.78 is 9.62. The highest BCUT2D eigenvalue weighted by molar-refractivity contribution is 4.90. The van der Waals surface area contributed by atoms with Crippen LogP contribution in [-0.4, -0.2) is 64.8 Å². The Balaban J connectivity index is 2.64. The Labute approximate surface area is 75.3 Å². The van der Waals surface area contributed by atoms with E-state index in [2.05, 4.69) is 0 Å². The number of hydrogen-bond acceptors (Lipinski definition) is 6. The van der Waals surface area contributed by atoms with E-state index >= 15 is 0 Å². The molecule has 6 heteroatoms. The molecule has 13 heavy (non-hydrogen) atoms. The molecule has 0 saturated carbocycles. The lowest BCUT2D eigenvalue weighted by molar-refractivity contribution is -0.150. The molecule has 0 aromatic rings. The molecule has 0 aromatic heterocycles. The third kappa shape index (κ3) is 1.98. The van der Waals surface area contributed by atoms with Gasteiger partial charge in [0, 0.05) is 7.11 Å². The van der Waals surface area contributed by atoms with Gasteiger partial charge in [-0.1, -0.05) is 0 Å². The van der Waals surface area contributed by atoms with Gasteiger partial charge in [0.15, 0.2) is 6.29 Å². The molecule has 5 atom stereocenters. The van der Waals surface area contributed by atoms with E-state index in [1.54, 1.807) is 0 Å². The van der Waals surface area contributed by atoms with Crippen molar-refractivity contribution in [2.45, 2.75) is 30.7 Å². The summed E-state index contributed by atoms with van der Waals surface area (Å²) >= 11 is 0. The summed E-state index contributed by atoms with van der Waals surface area (Å²) in [5.41, 5.74) is 0. The van der Waals surface area contributed by atoms with Gasteiger partial charge in [0.05, 0.1) is 6.61 Å². The maximum Gasteiger partial charge on any atom is 0.184 e. The number of methoxy groups -OCH3 is 1. The molecular weight excluding hydrogens is 180 g/mol. The highest BCUT2D eigenvalue weighted by Gasteiger charge is 2.46. The highest BCUT2D eigenvalue weighted by atomic mass is 16.7. The van der Waals surface area contributed by atoms with Crippen molar-refractivity contribution in [3.63, 3.8) is 0 Å². The van der Waals surface area contributed by atoms with Crippen LogP contribution in [0.5, 0.6) is 0 Å². The van der Waals surface area contributed by atoms with E-state index in [0.29, 0.717) is 0 Å². The largest absolute Gasteiger partial charge is 0.394 e. The van der Waals surface area contributed by atoms with Crippen molar-refractivity contribution in [3.05, 3.63) is 0 Å². The summed E-state index contributed by atoms with van der Waals surface area (Å²) in [6.07, 6.45) is -5.47. The number of hydrogen-bond donors (Lipinski definition) is 4. The van der Waals surface area contributed by atoms with E-state index in [1.807, 2.05) is 0 Å². The summed E-state index contributed by atoms with van der Waals surface area (Å²) in [6, 6.07) is 0. The maximum atomic E-state index is 9.28. The zero-order valence-corrected chi connectivity index (χ0v) is 7.20. The predicted octanol–water partition coefficient (Wildman–Crippen LogP) is -2.57. The van der Waals surface area contributed by atoms with Crippen LogP contribution in [0.15, 0.2) is 0 Å². The third-order valence-electron chi connectivity index (χ3n) is 2.09. The van der Waals surface area contributed by atoms with Crippen LogP contribution in [0.1, 0.15) is 0 Å². The Bertz CT molecular complexity index is 163. The van der Waals surface area contributed by atoms with Crippen molar-refractivity contribution in [2.75, 3.05) is 13.7 Å². The first-order valence-corrected chi connectivity index (χ1v) is 3.95. The fourth-order valence-electron chi connectivity index (χ4n) is 1.36. The van der Waals surface area contributed by atoms with Gasteiger partial charge in [-0.3, -0.25) is 0 Å². The van der Waals surface area contributed by atoms with Crippen LogP contribution < -0.4 is 0 Å². The van der Waals surface area contributed by atoms with E-state index in [-0.39, 0.29) is 0 Å². The Morgan fingerprint density at radius 2 is 2.08 bits per heavy atom. The van der Waals surface area contributed by atoms with Crippen molar-refractivity contribution < 1.29 is 29.9 Å². The molecule has 0 radical (unpaired) electrons. The van der Waals surface area contributed by atoms with E-state index in [4.69, 9.17) is 19.7 Å². The minimum absolute atomic E-state index is 0.510. The van der Waals surface area contributed by atoms with Crippen molar-refractivity contribution in [1.82, 2.24) is 0 Å². The molecule has 0 spiro atoms. The normalized spacial score (nSPS) is 42.2. The third-order valence-corrected chi connectivity index (χ3v) is 2.09. The molecule has 1 aliphatic rings. The van der Waals surface area contributed by atoms with Crippen molar-refractivity contribution in [3.8, 4) is 0 Å². The van der Waals surface area contributed by atoms with Crippen LogP contribution in [0, 0.1) is 0 Å². The van der Waals surface area contributed by atoms with Gasteiger partial charge in [-0.2, -0.15) is 0 Å². The lowest BCUT2D eigenvalue weighted by Crippen LogP contribution is -2.41. The van der Waals surface area contributed by atoms with E-state index in [9.17, 15) is 10.2 Å². The van der Waals surface area contributed by atoms with Gasteiger partial charge in [-0.05, 0) is 0 Å². The van der Waals surface area contributed by atoms with Gasteiger partial charge in [-0.25, -0.2) is 0 Å². The molecule has 4 N–H and O–H groups in total. The zero-order chi connectivity index (χ0) is 10.0. The van der Waals surface area contributed by atoms with E-state index in [0.717, 1.165) is 0 Å². The summed E-state index contributed by atoms with van der Waals surface area (Å²) in [5, 5.41) is 36.2. The average Bonchev–Trinajstić information content (AvgIpc) is 2.42. The van der Waals surface area contributed by atoms with Crippen LogP contribution in [0.25, 0.3) is 0 Å². The quantitative estimate of drug-likeness (QED) is 0.394. The molecule has 1 saturated heterocycles. The van der Waals surface area contributed by atoms with Crippen LogP contribution >= 0.6 is 0 Å². The number of aliphatic hydroxyl groups is 4. The number of ether oxygens (including phenoxy) is 2. The molecule has 0 aromatic carbocycles. The van der Waals surface area contributed by atoms with Crippen LogP contribution in [0.2, 0.25) is 0 Å². The van der Waals surface area contributed by atoms with E-state index in [1.165, 1.54) is 7.11 Å². The Hall–Kier alpha value is -0.240. The minimum atomic E-state index is -1.38. The fourth-order valence-corrected chi connectivity index (χ4v) is 1.36. The maximum absolute atomic E-state index is 9.28. The molecule has 0 unspecified atom stereocenters. The molecule has 6 nitrogen and oxygen atoms in total. The highest BCUT2D eigenvalue weighted by Crippen LogP contribution is 2.24. The molecule has 0 bridgehead atoms. The van der Waals surface area contributed by atoms with Crippen LogP contribution in [0.3, 0.4) is 0 Å². The Morgan fingerprint density at radius 3 is 2.54 bits per heavy atom. The molecule has 1 heterocycles. The van der Waals surface area contributed by atoms with Gasteiger partial charge in [0.2, 0.25) is 0 Å². The van der Waals surface area contributed by atoms with Gasteiger partial charge < -0.3 is 29.9 Å². The average molecular weight is 194 g/mol. The topological polar surface area (TPSA) is 99.4 Å². The fraction of sp³-hybridized carbons (Fsp3) is 1.00. The molecule has 0 amide bonds. The predicted molar refractivity (Wildman–Crippen MR) is 40.8 cm³/mol. The van der Waals surface area contributed by atoms with Crippen LogP contribution in [0.4, 0.5) is 0 Å². The first-order chi connectivity index (χ1) is 6.11. The summed E-state index contributed by atoms with van der Waals surface area (Å²) in [5.74, 6) is 0. The Morgan fingerprint density at radius 1 is 1.46 bits per heavy atom. The standard InChI is InChI=1S/C7H14O6/c1-12-6-4(10)7(11)13-5(6)3(9)2-8/h3-11H,2H2,1H3/t3-,4-,5-,6-,7-/m1/s1. The second kappa shape index (κ2) is 4.32. The molecule has 1 aliphatic heterocycles. The summed E-state index contributed by atoms with van der Waals surface area (Å²) in [4.78, 5) is 0. The smallest absolute Gasteiger partial charge is 0.184 e. The Kier molecular flexibility index (Phi) is 3.60. The molecule has 0 aliphatic carbocycles. The van der Waals surface area contributed by atoms with Gasteiger partial charge in [0.1, 0.15) is 24.4 Å². The van der Waals surface area contributed by atoms with Gasteiger partial charge in [-0.15, -0.1) is 0 Å². The second-order valence-electron chi connectivity index (χ2n) is 2.93. The van der Waals surface area contributed by atoms with Crippen molar-refractivity contribution in [2.24, 2.45) is 0 Å². The number of rotatable bonds is 3. The van der Waals surface area contributed by atoms with Gasteiger partial charge >= 0.3 is 0 Å². The molecule has 78 valence electrons. The summed E-state index contributed by atoms with van der Waals surface area (Å²) in [7, 11) is 1.33.